The second-order valence-electron chi connectivity index (χ2n) is 4.47. The van der Waals surface area contributed by atoms with Crippen LogP contribution in [0, 0.1) is 0 Å². The van der Waals surface area contributed by atoms with Crippen molar-refractivity contribution in [3.05, 3.63) is 23.3 Å². The molecule has 16 heavy (non-hydrogen) atoms. The Morgan fingerprint density at radius 2 is 2.25 bits per heavy atom. The lowest BCUT2D eigenvalue weighted by molar-refractivity contribution is -0.116. The normalized spacial score (nSPS) is 14.8. The SMILES string of the molecule is CC(=O)Cc1ccc2c(c1O)CCCN2C. The van der Waals surface area contributed by atoms with Gasteiger partial charge in [-0.3, -0.25) is 4.79 Å². The minimum Gasteiger partial charge on any atom is -0.507 e. The van der Waals surface area contributed by atoms with E-state index < -0.39 is 0 Å². The first-order valence-electron chi connectivity index (χ1n) is 5.64. The van der Waals surface area contributed by atoms with Gasteiger partial charge >= 0.3 is 0 Å². The Morgan fingerprint density at radius 1 is 1.50 bits per heavy atom. The summed E-state index contributed by atoms with van der Waals surface area (Å²) in [6, 6.07) is 3.86. The minimum atomic E-state index is 0.0828. The number of hydrogen-bond donors (Lipinski definition) is 1. The second kappa shape index (κ2) is 4.16. The molecule has 3 nitrogen and oxygen atoms in total. The van der Waals surface area contributed by atoms with Crippen LogP contribution in [-0.2, 0) is 17.6 Å². The summed E-state index contributed by atoms with van der Waals surface area (Å²) in [5.74, 6) is 0.402. The molecule has 1 heterocycles. The molecular formula is C13H17NO2. The highest BCUT2D eigenvalue weighted by atomic mass is 16.3. The predicted molar refractivity (Wildman–Crippen MR) is 64.1 cm³/mol. The van der Waals surface area contributed by atoms with Crippen LogP contribution in [0.5, 0.6) is 5.75 Å². The highest BCUT2D eigenvalue weighted by Gasteiger charge is 2.19. The van der Waals surface area contributed by atoms with Crippen molar-refractivity contribution in [1.82, 2.24) is 0 Å². The number of carbonyl (C=O) groups is 1. The molecule has 0 unspecified atom stereocenters. The summed E-state index contributed by atoms with van der Waals surface area (Å²) in [4.78, 5) is 13.2. The van der Waals surface area contributed by atoms with Crippen molar-refractivity contribution in [2.24, 2.45) is 0 Å². The van der Waals surface area contributed by atoms with Gasteiger partial charge in [0.05, 0.1) is 0 Å². The Kier molecular flexibility index (Phi) is 2.86. The molecule has 1 aliphatic heterocycles. The van der Waals surface area contributed by atoms with Gasteiger partial charge in [-0.2, -0.15) is 0 Å². The van der Waals surface area contributed by atoms with E-state index in [9.17, 15) is 9.90 Å². The van der Waals surface area contributed by atoms with Gasteiger partial charge in [0.15, 0.2) is 0 Å². The van der Waals surface area contributed by atoms with Crippen LogP contribution < -0.4 is 4.90 Å². The van der Waals surface area contributed by atoms with Crippen LogP contribution in [0.1, 0.15) is 24.5 Å². The Balaban J connectivity index is 2.42. The lowest BCUT2D eigenvalue weighted by Gasteiger charge is -2.28. The van der Waals surface area contributed by atoms with Gasteiger partial charge in [0, 0.05) is 36.8 Å². The van der Waals surface area contributed by atoms with Crippen LogP contribution >= 0.6 is 0 Å². The van der Waals surface area contributed by atoms with Gasteiger partial charge in [0.1, 0.15) is 11.5 Å². The first-order chi connectivity index (χ1) is 7.59. The summed E-state index contributed by atoms with van der Waals surface area (Å²) < 4.78 is 0. The van der Waals surface area contributed by atoms with Crippen LogP contribution in [0.3, 0.4) is 0 Å². The molecule has 0 amide bonds. The quantitative estimate of drug-likeness (QED) is 0.826. The monoisotopic (exact) mass is 219 g/mol. The Bertz CT molecular complexity index is 426. The van der Waals surface area contributed by atoms with Crippen molar-refractivity contribution < 1.29 is 9.90 Å². The van der Waals surface area contributed by atoms with E-state index in [4.69, 9.17) is 0 Å². The molecule has 1 aliphatic rings. The van der Waals surface area contributed by atoms with Crippen molar-refractivity contribution in [1.29, 1.82) is 0 Å². The van der Waals surface area contributed by atoms with Crippen LogP contribution in [-0.4, -0.2) is 24.5 Å². The van der Waals surface area contributed by atoms with Gasteiger partial charge in [-0.1, -0.05) is 6.07 Å². The van der Waals surface area contributed by atoms with Crippen molar-refractivity contribution in [2.75, 3.05) is 18.5 Å². The molecule has 1 N–H and O–H groups in total. The number of aromatic hydroxyl groups is 1. The van der Waals surface area contributed by atoms with Crippen LogP contribution in [0.25, 0.3) is 0 Å². The molecule has 0 spiro atoms. The van der Waals surface area contributed by atoms with Gasteiger partial charge in [-0.15, -0.1) is 0 Å². The van der Waals surface area contributed by atoms with E-state index in [0.717, 1.165) is 36.2 Å². The zero-order valence-corrected chi connectivity index (χ0v) is 9.79. The van der Waals surface area contributed by atoms with Gasteiger partial charge in [0.25, 0.3) is 0 Å². The standard InChI is InChI=1S/C13H17NO2/c1-9(15)8-10-5-6-12-11(13(10)16)4-3-7-14(12)2/h5-6,16H,3-4,7-8H2,1-2H3. The van der Waals surface area contributed by atoms with E-state index in [1.807, 2.05) is 19.2 Å². The number of anilines is 1. The lowest BCUT2D eigenvalue weighted by atomic mass is 9.96. The summed E-state index contributed by atoms with van der Waals surface area (Å²) in [5, 5.41) is 10.1. The number of rotatable bonds is 2. The smallest absolute Gasteiger partial charge is 0.134 e. The number of phenolic OH excluding ortho intramolecular Hbond substituents is 1. The third kappa shape index (κ3) is 1.90. The molecule has 0 fully saturated rings. The van der Waals surface area contributed by atoms with Gasteiger partial charge in [-0.25, -0.2) is 0 Å². The zero-order valence-electron chi connectivity index (χ0n) is 9.79. The third-order valence-electron chi connectivity index (χ3n) is 3.11. The lowest BCUT2D eigenvalue weighted by Crippen LogP contribution is -2.24. The number of hydrogen-bond acceptors (Lipinski definition) is 3. The first-order valence-corrected chi connectivity index (χ1v) is 5.64. The summed E-state index contributed by atoms with van der Waals surface area (Å²) in [6.45, 7) is 2.57. The van der Waals surface area contributed by atoms with E-state index in [-0.39, 0.29) is 5.78 Å². The fourth-order valence-electron chi connectivity index (χ4n) is 2.30. The number of nitrogens with zero attached hydrogens (tertiary/aromatic N) is 1. The highest BCUT2D eigenvalue weighted by molar-refractivity contribution is 5.80. The molecule has 3 heteroatoms. The molecule has 2 rings (SSSR count). The number of carbonyl (C=O) groups excluding carboxylic acids is 1. The highest BCUT2D eigenvalue weighted by Crippen LogP contribution is 2.35. The first kappa shape index (κ1) is 11.0. The molecule has 0 radical (unpaired) electrons. The van der Waals surface area contributed by atoms with Gasteiger partial charge < -0.3 is 10.0 Å². The minimum absolute atomic E-state index is 0.0828. The molecular weight excluding hydrogens is 202 g/mol. The van der Waals surface area contributed by atoms with Crippen molar-refractivity contribution in [2.45, 2.75) is 26.2 Å². The summed E-state index contributed by atoms with van der Waals surface area (Å²) >= 11 is 0. The molecule has 0 atom stereocenters. The molecule has 0 aromatic heterocycles. The summed E-state index contributed by atoms with van der Waals surface area (Å²) in [7, 11) is 2.03. The largest absolute Gasteiger partial charge is 0.507 e. The van der Waals surface area contributed by atoms with E-state index in [0.29, 0.717) is 12.2 Å². The summed E-state index contributed by atoms with van der Waals surface area (Å²) in [6.07, 6.45) is 2.28. The molecule has 0 bridgehead atoms. The molecule has 1 aromatic rings. The van der Waals surface area contributed by atoms with Crippen molar-refractivity contribution in [3.63, 3.8) is 0 Å². The number of benzene rings is 1. The van der Waals surface area contributed by atoms with Crippen LogP contribution in [0.15, 0.2) is 12.1 Å². The Morgan fingerprint density at radius 3 is 2.94 bits per heavy atom. The maximum Gasteiger partial charge on any atom is 0.134 e. The second-order valence-corrected chi connectivity index (χ2v) is 4.47. The predicted octanol–water partition coefficient (Wildman–Crippen LogP) is 1.91. The molecule has 0 aliphatic carbocycles. The Hall–Kier alpha value is -1.51. The maximum absolute atomic E-state index is 11.1. The van der Waals surface area contributed by atoms with E-state index in [1.165, 1.54) is 0 Å². The number of fused-ring (bicyclic) bond motifs is 1. The van der Waals surface area contributed by atoms with E-state index >= 15 is 0 Å². The Labute approximate surface area is 95.7 Å². The van der Waals surface area contributed by atoms with Crippen LogP contribution in [0.2, 0.25) is 0 Å². The molecule has 1 aromatic carbocycles. The molecule has 0 saturated carbocycles. The zero-order chi connectivity index (χ0) is 11.7. The van der Waals surface area contributed by atoms with E-state index in [1.54, 1.807) is 6.92 Å². The maximum atomic E-state index is 11.1. The number of ketones is 1. The van der Waals surface area contributed by atoms with Crippen molar-refractivity contribution in [3.8, 4) is 5.75 Å². The topological polar surface area (TPSA) is 40.5 Å². The average Bonchev–Trinajstić information content (AvgIpc) is 2.23. The number of phenols is 1. The fraction of sp³-hybridized carbons (Fsp3) is 0.462. The fourth-order valence-corrected chi connectivity index (χ4v) is 2.30. The van der Waals surface area contributed by atoms with Crippen LogP contribution in [0.4, 0.5) is 5.69 Å². The van der Waals surface area contributed by atoms with Crippen molar-refractivity contribution >= 4 is 11.5 Å². The number of Topliss-reactive ketones (excluding diaryl/α,β-unsaturated/α-hetero) is 1. The van der Waals surface area contributed by atoms with E-state index in [2.05, 4.69) is 4.90 Å². The average molecular weight is 219 g/mol. The molecule has 0 saturated heterocycles. The van der Waals surface area contributed by atoms with Gasteiger partial charge in [-0.05, 0) is 25.8 Å². The van der Waals surface area contributed by atoms with Gasteiger partial charge in [0.2, 0.25) is 0 Å². The third-order valence-corrected chi connectivity index (χ3v) is 3.11. The summed E-state index contributed by atoms with van der Waals surface area (Å²) in [5.41, 5.74) is 2.84. The molecule has 86 valence electrons.